The molecule has 0 amide bonds. The largest absolute Gasteiger partial charge is 0.497 e. The Bertz CT molecular complexity index is 965. The molecular weight excluding hydrogens is 394 g/mol. The van der Waals surface area contributed by atoms with Crippen LogP contribution in [0.5, 0.6) is 5.75 Å². The van der Waals surface area contributed by atoms with Gasteiger partial charge in [0.05, 0.1) is 17.8 Å². The first-order valence-corrected chi connectivity index (χ1v) is 9.87. The van der Waals surface area contributed by atoms with Gasteiger partial charge in [-0.3, -0.25) is 10.1 Å². The summed E-state index contributed by atoms with van der Waals surface area (Å²) in [6.45, 7) is 1.36. The maximum Gasteiger partial charge on any atom is 0.305 e. The van der Waals surface area contributed by atoms with E-state index in [1.54, 1.807) is 24.3 Å². The molecule has 2 aromatic rings. The smallest absolute Gasteiger partial charge is 0.305 e. The number of rotatable bonds is 8. The molecule has 10 heteroatoms. The van der Waals surface area contributed by atoms with Gasteiger partial charge in [0.2, 0.25) is 15.8 Å². The Morgan fingerprint density at radius 3 is 2.32 bits per heavy atom. The zero-order valence-corrected chi connectivity index (χ0v) is 16.4. The van der Waals surface area contributed by atoms with Crippen molar-refractivity contribution in [3.8, 4) is 5.75 Å². The predicted octanol–water partition coefficient (Wildman–Crippen LogP) is 3.45. The lowest BCUT2D eigenvalue weighted by Gasteiger charge is -2.21. The van der Waals surface area contributed by atoms with E-state index in [2.05, 4.69) is 0 Å². The van der Waals surface area contributed by atoms with Gasteiger partial charge in [-0.05, 0) is 23.8 Å². The molecule has 1 atom stereocenters. The molecular formula is C18H20F2N2O5S. The van der Waals surface area contributed by atoms with Gasteiger partial charge in [-0.2, -0.15) is 4.39 Å². The van der Waals surface area contributed by atoms with Crippen molar-refractivity contribution in [3.05, 3.63) is 69.3 Å². The van der Waals surface area contributed by atoms with Crippen LogP contribution < -0.4 is 4.74 Å². The standard InChI is InChI=1S/C18H20F2N2O5S/c1-12(17-15(19)8-9-16(18(17)20)22(23)24)11-28(25,26)21(2)10-13-4-6-14(27-3)7-5-13/h4-9,12H,10-11H2,1-3H3/t12-/m1/s1. The highest BCUT2D eigenvalue weighted by Gasteiger charge is 2.29. The highest BCUT2D eigenvalue weighted by Crippen LogP contribution is 2.30. The van der Waals surface area contributed by atoms with E-state index in [-0.39, 0.29) is 6.54 Å². The van der Waals surface area contributed by atoms with Gasteiger partial charge in [0.15, 0.2) is 0 Å². The molecule has 7 nitrogen and oxygen atoms in total. The third-order valence-corrected chi connectivity index (χ3v) is 6.30. The summed E-state index contributed by atoms with van der Waals surface area (Å²) in [5.74, 6) is -3.48. The summed E-state index contributed by atoms with van der Waals surface area (Å²) in [6, 6.07) is 8.26. The van der Waals surface area contributed by atoms with E-state index < -0.39 is 49.5 Å². The number of hydrogen-bond donors (Lipinski definition) is 0. The average Bonchev–Trinajstić information content (AvgIpc) is 2.61. The molecule has 28 heavy (non-hydrogen) atoms. The van der Waals surface area contributed by atoms with Crippen molar-refractivity contribution < 1.29 is 26.9 Å². The van der Waals surface area contributed by atoms with Crippen molar-refractivity contribution in [3.63, 3.8) is 0 Å². The molecule has 0 bridgehead atoms. The molecule has 0 aliphatic rings. The van der Waals surface area contributed by atoms with Crippen LogP contribution in [-0.4, -0.2) is 37.6 Å². The van der Waals surface area contributed by atoms with Crippen LogP contribution in [0.2, 0.25) is 0 Å². The van der Waals surface area contributed by atoms with Crippen LogP contribution >= 0.6 is 0 Å². The fourth-order valence-electron chi connectivity index (χ4n) is 2.76. The van der Waals surface area contributed by atoms with E-state index in [9.17, 15) is 27.3 Å². The van der Waals surface area contributed by atoms with Crippen molar-refractivity contribution in [2.24, 2.45) is 0 Å². The van der Waals surface area contributed by atoms with Gasteiger partial charge in [-0.1, -0.05) is 19.1 Å². The zero-order chi connectivity index (χ0) is 21.1. The van der Waals surface area contributed by atoms with Crippen molar-refractivity contribution >= 4 is 15.7 Å². The van der Waals surface area contributed by atoms with Gasteiger partial charge < -0.3 is 4.74 Å². The van der Waals surface area contributed by atoms with Crippen LogP contribution in [0, 0.1) is 21.7 Å². The Balaban J connectivity index is 2.20. The summed E-state index contributed by atoms with van der Waals surface area (Å²) in [6.07, 6.45) is 0. The van der Waals surface area contributed by atoms with Crippen LogP contribution in [-0.2, 0) is 16.6 Å². The number of nitro groups is 1. The van der Waals surface area contributed by atoms with E-state index >= 15 is 0 Å². The molecule has 2 aromatic carbocycles. The fourth-order valence-corrected chi connectivity index (χ4v) is 4.16. The Kier molecular flexibility index (Phi) is 6.68. The van der Waals surface area contributed by atoms with E-state index in [4.69, 9.17) is 4.74 Å². The van der Waals surface area contributed by atoms with Gasteiger partial charge in [0, 0.05) is 31.1 Å². The Morgan fingerprint density at radius 1 is 1.18 bits per heavy atom. The normalized spacial score (nSPS) is 12.8. The van der Waals surface area contributed by atoms with Crippen LogP contribution in [0.25, 0.3) is 0 Å². The molecule has 0 aliphatic heterocycles. The van der Waals surface area contributed by atoms with E-state index in [1.165, 1.54) is 21.1 Å². The number of halogens is 2. The zero-order valence-electron chi connectivity index (χ0n) is 15.6. The minimum absolute atomic E-state index is 0.0545. The van der Waals surface area contributed by atoms with Crippen molar-refractivity contribution in [1.29, 1.82) is 0 Å². The summed E-state index contributed by atoms with van der Waals surface area (Å²) in [4.78, 5) is 9.88. The first kappa shape index (κ1) is 21.7. The quantitative estimate of drug-likeness (QED) is 0.488. The number of nitrogens with zero attached hydrogens (tertiary/aromatic N) is 2. The molecule has 0 spiro atoms. The van der Waals surface area contributed by atoms with Crippen molar-refractivity contribution in [2.45, 2.75) is 19.4 Å². The lowest BCUT2D eigenvalue weighted by molar-refractivity contribution is -0.387. The maximum atomic E-state index is 14.3. The van der Waals surface area contributed by atoms with Crippen LogP contribution in [0.4, 0.5) is 14.5 Å². The van der Waals surface area contributed by atoms with Gasteiger partial charge in [0.25, 0.3) is 0 Å². The number of methoxy groups -OCH3 is 1. The lowest BCUT2D eigenvalue weighted by atomic mass is 10.0. The first-order valence-electron chi connectivity index (χ1n) is 8.26. The van der Waals surface area contributed by atoms with Crippen LogP contribution in [0.3, 0.4) is 0 Å². The summed E-state index contributed by atoms with van der Waals surface area (Å²) in [7, 11) is -1.02. The minimum Gasteiger partial charge on any atom is -0.497 e. The summed E-state index contributed by atoms with van der Waals surface area (Å²) < 4.78 is 59.7. The number of sulfonamides is 1. The third kappa shape index (κ3) is 4.82. The van der Waals surface area contributed by atoms with Crippen molar-refractivity contribution in [1.82, 2.24) is 4.31 Å². The molecule has 0 aromatic heterocycles. The predicted molar refractivity (Wildman–Crippen MR) is 99.7 cm³/mol. The molecule has 0 saturated heterocycles. The lowest BCUT2D eigenvalue weighted by Crippen LogP contribution is -2.31. The highest BCUT2D eigenvalue weighted by molar-refractivity contribution is 7.89. The third-order valence-electron chi connectivity index (χ3n) is 4.30. The van der Waals surface area contributed by atoms with Gasteiger partial charge in [0.1, 0.15) is 11.6 Å². The topological polar surface area (TPSA) is 89.8 Å². The molecule has 0 unspecified atom stereocenters. The molecule has 2 rings (SSSR count). The second-order valence-corrected chi connectivity index (χ2v) is 8.46. The summed E-state index contributed by atoms with van der Waals surface area (Å²) in [5.41, 5.74) is -0.810. The highest BCUT2D eigenvalue weighted by atomic mass is 32.2. The maximum absolute atomic E-state index is 14.3. The average molecular weight is 414 g/mol. The molecule has 0 saturated carbocycles. The number of ether oxygens (including phenoxy) is 1. The summed E-state index contributed by atoms with van der Waals surface area (Å²) >= 11 is 0. The van der Waals surface area contributed by atoms with Crippen molar-refractivity contribution in [2.75, 3.05) is 19.9 Å². The van der Waals surface area contributed by atoms with E-state index in [1.807, 2.05) is 0 Å². The minimum atomic E-state index is -3.89. The van der Waals surface area contributed by atoms with E-state index in [0.29, 0.717) is 17.4 Å². The number of nitro benzene ring substituents is 1. The number of hydrogen-bond acceptors (Lipinski definition) is 5. The fraction of sp³-hybridized carbons (Fsp3) is 0.333. The monoisotopic (exact) mass is 414 g/mol. The molecule has 0 radical (unpaired) electrons. The second-order valence-electron chi connectivity index (χ2n) is 6.33. The molecule has 0 N–H and O–H groups in total. The Labute approximate surface area is 161 Å². The number of benzene rings is 2. The molecule has 0 heterocycles. The SMILES string of the molecule is COc1ccc(CN(C)S(=O)(=O)C[C@@H](C)c2c(F)ccc([N+](=O)[O-])c2F)cc1. The molecule has 0 fully saturated rings. The molecule has 152 valence electrons. The van der Waals surface area contributed by atoms with Gasteiger partial charge in [-0.25, -0.2) is 17.1 Å². The van der Waals surface area contributed by atoms with Crippen LogP contribution in [0.15, 0.2) is 36.4 Å². The van der Waals surface area contributed by atoms with E-state index in [0.717, 1.165) is 10.4 Å². The Morgan fingerprint density at radius 2 is 1.79 bits per heavy atom. The second kappa shape index (κ2) is 8.61. The Hall–Kier alpha value is -2.59. The first-order chi connectivity index (χ1) is 13.1. The summed E-state index contributed by atoms with van der Waals surface area (Å²) in [5, 5.41) is 10.9. The van der Waals surface area contributed by atoms with Gasteiger partial charge in [-0.15, -0.1) is 0 Å². The van der Waals surface area contributed by atoms with Gasteiger partial charge >= 0.3 is 5.69 Å². The van der Waals surface area contributed by atoms with Crippen LogP contribution in [0.1, 0.15) is 24.0 Å². The molecule has 0 aliphatic carbocycles.